The molecule has 0 aliphatic carbocycles. The van der Waals surface area contributed by atoms with E-state index in [2.05, 4.69) is 5.32 Å². The molecule has 6 heteroatoms. The summed E-state index contributed by atoms with van der Waals surface area (Å²) in [5.41, 5.74) is 0.615. The minimum absolute atomic E-state index is 0.0174. The summed E-state index contributed by atoms with van der Waals surface area (Å²) < 4.78 is 5.24. The van der Waals surface area contributed by atoms with Gasteiger partial charge in [0.1, 0.15) is 5.76 Å². The van der Waals surface area contributed by atoms with E-state index < -0.39 is 5.97 Å². The molecule has 1 saturated heterocycles. The summed E-state index contributed by atoms with van der Waals surface area (Å²) in [7, 11) is 0. The highest BCUT2D eigenvalue weighted by Gasteiger charge is 2.16. The first-order chi connectivity index (χ1) is 10.1. The summed E-state index contributed by atoms with van der Waals surface area (Å²) in [6.45, 7) is 4.45. The van der Waals surface area contributed by atoms with Gasteiger partial charge in [-0.1, -0.05) is 0 Å². The van der Waals surface area contributed by atoms with Gasteiger partial charge in [-0.25, -0.2) is 4.79 Å². The van der Waals surface area contributed by atoms with Crippen molar-refractivity contribution >= 4 is 11.9 Å². The largest absolute Gasteiger partial charge is 0.475 e. The van der Waals surface area contributed by atoms with E-state index in [1.165, 1.54) is 6.42 Å². The van der Waals surface area contributed by atoms with Gasteiger partial charge in [-0.3, -0.25) is 4.79 Å². The van der Waals surface area contributed by atoms with Gasteiger partial charge >= 0.3 is 5.97 Å². The van der Waals surface area contributed by atoms with Crippen molar-refractivity contribution in [3.05, 3.63) is 23.2 Å². The zero-order chi connectivity index (χ0) is 15.2. The average molecular weight is 294 g/mol. The molecule has 1 amide bonds. The number of aromatic carboxylic acids is 1. The van der Waals surface area contributed by atoms with Gasteiger partial charge in [-0.15, -0.1) is 0 Å². The van der Waals surface area contributed by atoms with Crippen LogP contribution in [-0.4, -0.2) is 41.5 Å². The SMILES string of the molecule is Cc1cc(CNCCC(=O)N2CCCCC2)oc1C(=O)O. The molecule has 0 unspecified atom stereocenters. The lowest BCUT2D eigenvalue weighted by atomic mass is 10.1. The standard InChI is InChI=1S/C15H22N2O4/c1-11-9-12(21-14(11)15(19)20)10-16-6-5-13(18)17-7-3-2-4-8-17/h9,16H,2-8,10H2,1H3,(H,19,20). The third-order valence-corrected chi connectivity index (χ3v) is 3.69. The highest BCUT2D eigenvalue weighted by atomic mass is 16.4. The highest BCUT2D eigenvalue weighted by molar-refractivity contribution is 5.86. The Hall–Kier alpha value is -1.82. The van der Waals surface area contributed by atoms with Crippen LogP contribution in [0, 0.1) is 6.92 Å². The number of likely N-dealkylation sites (tertiary alicyclic amines) is 1. The van der Waals surface area contributed by atoms with Gasteiger partial charge in [0.15, 0.2) is 0 Å². The molecule has 1 aliphatic rings. The molecule has 1 aromatic heterocycles. The van der Waals surface area contributed by atoms with Crippen molar-refractivity contribution in [2.45, 2.75) is 39.2 Å². The van der Waals surface area contributed by atoms with Gasteiger partial charge in [0.2, 0.25) is 11.7 Å². The molecule has 2 heterocycles. The van der Waals surface area contributed by atoms with Crippen LogP contribution >= 0.6 is 0 Å². The van der Waals surface area contributed by atoms with E-state index in [4.69, 9.17) is 9.52 Å². The van der Waals surface area contributed by atoms with Crippen LogP contribution in [0.1, 0.15) is 47.6 Å². The number of hydrogen-bond acceptors (Lipinski definition) is 4. The lowest BCUT2D eigenvalue weighted by molar-refractivity contribution is -0.131. The quantitative estimate of drug-likeness (QED) is 0.781. The van der Waals surface area contributed by atoms with Crippen LogP contribution in [0.5, 0.6) is 0 Å². The smallest absolute Gasteiger partial charge is 0.372 e. The fraction of sp³-hybridized carbons (Fsp3) is 0.600. The third-order valence-electron chi connectivity index (χ3n) is 3.69. The van der Waals surface area contributed by atoms with Gasteiger partial charge in [-0.05, 0) is 32.3 Å². The molecule has 116 valence electrons. The molecular formula is C15H22N2O4. The van der Waals surface area contributed by atoms with E-state index in [9.17, 15) is 9.59 Å². The van der Waals surface area contributed by atoms with Gasteiger partial charge in [0.25, 0.3) is 0 Å². The summed E-state index contributed by atoms with van der Waals surface area (Å²) >= 11 is 0. The summed E-state index contributed by atoms with van der Waals surface area (Å²) in [5, 5.41) is 12.0. The number of nitrogens with zero attached hydrogens (tertiary/aromatic N) is 1. The number of hydrogen-bond donors (Lipinski definition) is 2. The van der Waals surface area contributed by atoms with Crippen LogP contribution in [0.3, 0.4) is 0 Å². The maximum absolute atomic E-state index is 11.9. The topological polar surface area (TPSA) is 82.8 Å². The summed E-state index contributed by atoms with van der Waals surface area (Å²) in [6.07, 6.45) is 3.88. The van der Waals surface area contributed by atoms with Crippen molar-refractivity contribution < 1.29 is 19.1 Å². The first-order valence-corrected chi connectivity index (χ1v) is 7.39. The normalized spacial score (nSPS) is 15.2. The molecule has 6 nitrogen and oxygen atoms in total. The fourth-order valence-electron chi connectivity index (χ4n) is 2.56. The van der Waals surface area contributed by atoms with Gasteiger partial charge in [0, 0.05) is 31.6 Å². The average Bonchev–Trinajstić information content (AvgIpc) is 2.85. The number of carbonyl (C=O) groups excluding carboxylic acids is 1. The number of amides is 1. The summed E-state index contributed by atoms with van der Waals surface area (Å²) in [4.78, 5) is 24.7. The minimum atomic E-state index is -1.06. The number of nitrogens with one attached hydrogen (secondary N) is 1. The predicted molar refractivity (Wildman–Crippen MR) is 77.2 cm³/mol. The Morgan fingerprint density at radius 2 is 2.05 bits per heavy atom. The van der Waals surface area contributed by atoms with E-state index in [1.54, 1.807) is 13.0 Å². The Morgan fingerprint density at radius 1 is 1.33 bits per heavy atom. The van der Waals surface area contributed by atoms with E-state index in [1.807, 2.05) is 4.90 Å². The summed E-state index contributed by atoms with van der Waals surface area (Å²) in [6, 6.07) is 1.71. The van der Waals surface area contributed by atoms with Crippen molar-refractivity contribution in [1.29, 1.82) is 0 Å². The van der Waals surface area contributed by atoms with Gasteiger partial charge < -0.3 is 19.7 Å². The molecule has 0 radical (unpaired) electrons. The van der Waals surface area contributed by atoms with Crippen LogP contribution in [0.15, 0.2) is 10.5 Å². The predicted octanol–water partition coefficient (Wildman–Crippen LogP) is 1.78. The molecule has 0 saturated carbocycles. The first kappa shape index (κ1) is 15.6. The third kappa shape index (κ3) is 4.32. The van der Waals surface area contributed by atoms with Crippen molar-refractivity contribution in [3.8, 4) is 0 Å². The van der Waals surface area contributed by atoms with E-state index in [0.717, 1.165) is 25.9 Å². The van der Waals surface area contributed by atoms with Crippen LogP contribution in [0.4, 0.5) is 0 Å². The number of rotatable bonds is 6. The maximum Gasteiger partial charge on any atom is 0.372 e. The van der Waals surface area contributed by atoms with Crippen molar-refractivity contribution in [3.63, 3.8) is 0 Å². The molecule has 0 spiro atoms. The molecule has 0 bridgehead atoms. The molecule has 1 aromatic rings. The number of carbonyl (C=O) groups is 2. The van der Waals surface area contributed by atoms with Crippen molar-refractivity contribution in [2.24, 2.45) is 0 Å². The second-order valence-electron chi connectivity index (χ2n) is 5.40. The lowest BCUT2D eigenvalue weighted by Gasteiger charge is -2.26. The molecule has 1 aliphatic heterocycles. The molecule has 0 aromatic carbocycles. The fourth-order valence-corrected chi connectivity index (χ4v) is 2.56. The van der Waals surface area contributed by atoms with E-state index in [0.29, 0.717) is 30.8 Å². The Balaban J connectivity index is 1.70. The minimum Gasteiger partial charge on any atom is -0.475 e. The van der Waals surface area contributed by atoms with Crippen molar-refractivity contribution in [1.82, 2.24) is 10.2 Å². The zero-order valence-corrected chi connectivity index (χ0v) is 12.4. The molecular weight excluding hydrogens is 272 g/mol. The highest BCUT2D eigenvalue weighted by Crippen LogP contribution is 2.14. The lowest BCUT2D eigenvalue weighted by Crippen LogP contribution is -2.37. The Labute approximate surface area is 124 Å². The Bertz CT molecular complexity index is 504. The van der Waals surface area contributed by atoms with Crippen LogP contribution in [0.2, 0.25) is 0 Å². The van der Waals surface area contributed by atoms with Gasteiger partial charge in [-0.2, -0.15) is 0 Å². The molecule has 21 heavy (non-hydrogen) atoms. The summed E-state index contributed by atoms with van der Waals surface area (Å²) in [5.74, 6) is -0.311. The second-order valence-corrected chi connectivity index (χ2v) is 5.40. The van der Waals surface area contributed by atoms with Crippen LogP contribution in [0.25, 0.3) is 0 Å². The molecule has 2 N–H and O–H groups in total. The Kier molecular flexibility index (Phi) is 5.38. The van der Waals surface area contributed by atoms with E-state index >= 15 is 0 Å². The van der Waals surface area contributed by atoms with Crippen molar-refractivity contribution in [2.75, 3.05) is 19.6 Å². The number of carboxylic acids is 1. The number of furan rings is 1. The number of carboxylic acid groups (broad SMARTS) is 1. The second kappa shape index (κ2) is 7.26. The van der Waals surface area contributed by atoms with E-state index in [-0.39, 0.29) is 11.7 Å². The number of piperidine rings is 1. The van der Waals surface area contributed by atoms with Gasteiger partial charge in [0.05, 0.1) is 6.54 Å². The molecule has 2 rings (SSSR count). The molecule has 0 atom stereocenters. The maximum atomic E-state index is 11.9. The zero-order valence-electron chi connectivity index (χ0n) is 12.4. The number of aryl methyl sites for hydroxylation is 1. The van der Waals surface area contributed by atoms with Crippen LogP contribution in [-0.2, 0) is 11.3 Å². The Morgan fingerprint density at radius 3 is 2.67 bits per heavy atom. The van der Waals surface area contributed by atoms with Crippen LogP contribution < -0.4 is 5.32 Å². The molecule has 1 fully saturated rings. The first-order valence-electron chi connectivity index (χ1n) is 7.39. The monoisotopic (exact) mass is 294 g/mol.